The van der Waals surface area contributed by atoms with Crippen LogP contribution in [0.3, 0.4) is 0 Å². The zero-order valence-electron chi connectivity index (χ0n) is 15.9. The van der Waals surface area contributed by atoms with Gasteiger partial charge in [0.1, 0.15) is 0 Å². The summed E-state index contributed by atoms with van der Waals surface area (Å²) in [5.41, 5.74) is 9.95. The van der Waals surface area contributed by atoms with Gasteiger partial charge in [-0.25, -0.2) is 0 Å². The van der Waals surface area contributed by atoms with Gasteiger partial charge in [-0.1, -0.05) is 36.4 Å². The molecule has 0 radical (unpaired) electrons. The molecule has 27 heavy (non-hydrogen) atoms. The third-order valence-corrected chi connectivity index (χ3v) is 5.53. The van der Waals surface area contributed by atoms with Crippen LogP contribution in [0.4, 0.5) is 11.4 Å². The van der Waals surface area contributed by atoms with Gasteiger partial charge in [0.2, 0.25) is 0 Å². The Morgan fingerprint density at radius 3 is 2.44 bits per heavy atom. The molecule has 0 aliphatic heterocycles. The minimum atomic E-state index is -0.0581. The van der Waals surface area contributed by atoms with E-state index in [2.05, 4.69) is 24.0 Å². The molecular weight excluding hydrogens is 354 g/mol. The Morgan fingerprint density at radius 2 is 1.81 bits per heavy atom. The number of carbonyl (C=O) groups is 1. The topological polar surface area (TPSA) is 49.6 Å². The van der Waals surface area contributed by atoms with Crippen LogP contribution in [0.25, 0.3) is 0 Å². The lowest BCUT2D eigenvalue weighted by Gasteiger charge is -2.31. The maximum atomic E-state index is 13.3. The molecule has 3 rings (SSSR count). The second kappa shape index (κ2) is 8.27. The van der Waals surface area contributed by atoms with Crippen LogP contribution in [-0.4, -0.2) is 24.9 Å². The zero-order chi connectivity index (χ0) is 19.4. The average molecular weight is 380 g/mol. The Balaban J connectivity index is 2.00. The quantitative estimate of drug-likeness (QED) is 0.626. The summed E-state index contributed by atoms with van der Waals surface area (Å²) < 4.78 is 0. The number of nitrogen functional groups attached to an aromatic ring is 1. The van der Waals surface area contributed by atoms with E-state index >= 15 is 0 Å². The lowest BCUT2D eigenvalue weighted by Crippen LogP contribution is -2.33. The summed E-state index contributed by atoms with van der Waals surface area (Å²) in [5, 5.41) is 1.93. The van der Waals surface area contributed by atoms with Crippen molar-refractivity contribution in [3.63, 3.8) is 0 Å². The number of carbonyl (C=O) groups excluding carboxylic acids is 1. The Labute approximate surface area is 164 Å². The maximum Gasteiger partial charge on any atom is 0.264 e. The summed E-state index contributed by atoms with van der Waals surface area (Å²) in [6.07, 6.45) is 0. The number of nitrogens with zero attached hydrogens (tertiary/aromatic N) is 2. The van der Waals surface area contributed by atoms with Crippen molar-refractivity contribution < 1.29 is 4.79 Å². The van der Waals surface area contributed by atoms with Crippen molar-refractivity contribution in [2.24, 2.45) is 0 Å². The molecule has 0 aliphatic carbocycles. The average Bonchev–Trinajstić information content (AvgIpc) is 3.20. The molecule has 2 N–H and O–H groups in total. The van der Waals surface area contributed by atoms with Crippen LogP contribution in [0.5, 0.6) is 0 Å². The first kappa shape index (κ1) is 19.0. The van der Waals surface area contributed by atoms with E-state index in [4.69, 9.17) is 5.73 Å². The first-order valence-corrected chi connectivity index (χ1v) is 9.80. The van der Waals surface area contributed by atoms with Crippen LogP contribution < -0.4 is 10.6 Å². The number of hydrogen-bond donors (Lipinski definition) is 1. The van der Waals surface area contributed by atoms with Gasteiger partial charge in [-0.05, 0) is 47.7 Å². The number of benzene rings is 2. The molecule has 1 amide bonds. The smallest absolute Gasteiger partial charge is 0.264 e. The molecule has 4 nitrogen and oxygen atoms in total. The van der Waals surface area contributed by atoms with Gasteiger partial charge in [0.05, 0.1) is 10.9 Å². The standard InChI is InChI=1S/C22H25N3OS/c1-16(17-8-5-4-6-9-17)25(22(26)21-10-7-13-27-21)15-18-14-19(23)11-12-20(18)24(2)3/h4-14,16H,15,23H2,1-3H3. The fourth-order valence-electron chi connectivity index (χ4n) is 3.19. The predicted octanol–water partition coefficient (Wildman–Crippen LogP) is 4.80. The summed E-state index contributed by atoms with van der Waals surface area (Å²) in [7, 11) is 4.00. The summed E-state index contributed by atoms with van der Waals surface area (Å²) in [4.78, 5) is 18.0. The molecule has 1 heterocycles. The lowest BCUT2D eigenvalue weighted by atomic mass is 10.0. The van der Waals surface area contributed by atoms with Crippen molar-refractivity contribution in [3.05, 3.63) is 82.0 Å². The van der Waals surface area contributed by atoms with Crippen LogP contribution in [0.2, 0.25) is 0 Å². The Kier molecular flexibility index (Phi) is 5.81. The Morgan fingerprint density at radius 1 is 1.07 bits per heavy atom. The highest BCUT2D eigenvalue weighted by Gasteiger charge is 2.25. The molecule has 0 saturated carbocycles. The number of hydrogen-bond acceptors (Lipinski definition) is 4. The molecule has 1 unspecified atom stereocenters. The van der Waals surface area contributed by atoms with Crippen molar-refractivity contribution in [3.8, 4) is 0 Å². The number of nitrogens with two attached hydrogens (primary N) is 1. The Hall–Kier alpha value is -2.79. The molecule has 5 heteroatoms. The second-order valence-corrected chi connectivity index (χ2v) is 7.73. The predicted molar refractivity (Wildman–Crippen MR) is 114 cm³/mol. The summed E-state index contributed by atoms with van der Waals surface area (Å²) >= 11 is 1.47. The van der Waals surface area contributed by atoms with Crippen molar-refractivity contribution in [1.29, 1.82) is 0 Å². The van der Waals surface area contributed by atoms with E-state index in [9.17, 15) is 4.79 Å². The van der Waals surface area contributed by atoms with Gasteiger partial charge < -0.3 is 15.5 Å². The van der Waals surface area contributed by atoms with Gasteiger partial charge in [0.25, 0.3) is 5.91 Å². The highest BCUT2D eigenvalue weighted by molar-refractivity contribution is 7.12. The molecule has 1 aromatic heterocycles. The summed E-state index contributed by atoms with van der Waals surface area (Å²) in [5.74, 6) is 0.0356. The highest BCUT2D eigenvalue weighted by atomic mass is 32.1. The normalized spacial score (nSPS) is 11.8. The van der Waals surface area contributed by atoms with E-state index in [1.807, 2.05) is 72.9 Å². The SMILES string of the molecule is CC(c1ccccc1)N(Cc1cc(N)ccc1N(C)C)C(=O)c1cccs1. The largest absolute Gasteiger partial charge is 0.399 e. The second-order valence-electron chi connectivity index (χ2n) is 6.78. The van der Waals surface area contributed by atoms with Gasteiger partial charge in [0, 0.05) is 32.0 Å². The van der Waals surface area contributed by atoms with Gasteiger partial charge in [0.15, 0.2) is 0 Å². The molecule has 140 valence electrons. The molecule has 2 aromatic carbocycles. The molecule has 1 atom stereocenters. The molecule has 0 fully saturated rings. The summed E-state index contributed by atoms with van der Waals surface area (Å²) in [6, 6.07) is 19.7. The number of anilines is 2. The molecule has 3 aromatic rings. The molecule has 0 bridgehead atoms. The van der Waals surface area contributed by atoms with Gasteiger partial charge in [-0.2, -0.15) is 0 Å². The number of rotatable bonds is 6. The number of thiophene rings is 1. The van der Waals surface area contributed by atoms with E-state index in [1.54, 1.807) is 0 Å². The van der Waals surface area contributed by atoms with Crippen molar-refractivity contribution in [1.82, 2.24) is 4.90 Å². The van der Waals surface area contributed by atoms with Gasteiger partial charge in [-0.3, -0.25) is 4.79 Å². The van der Waals surface area contributed by atoms with E-state index in [0.717, 1.165) is 21.7 Å². The van der Waals surface area contributed by atoms with Crippen molar-refractivity contribution >= 4 is 28.6 Å². The minimum Gasteiger partial charge on any atom is -0.399 e. The first-order valence-electron chi connectivity index (χ1n) is 8.92. The van der Waals surface area contributed by atoms with Crippen molar-refractivity contribution in [2.45, 2.75) is 19.5 Å². The maximum absolute atomic E-state index is 13.3. The third-order valence-electron chi connectivity index (χ3n) is 4.67. The highest BCUT2D eigenvalue weighted by Crippen LogP contribution is 2.29. The van der Waals surface area contributed by atoms with Gasteiger partial charge in [-0.15, -0.1) is 11.3 Å². The van der Waals surface area contributed by atoms with Crippen LogP contribution in [0.15, 0.2) is 66.0 Å². The van der Waals surface area contributed by atoms with E-state index < -0.39 is 0 Å². The fourth-order valence-corrected chi connectivity index (χ4v) is 3.87. The van der Waals surface area contributed by atoms with E-state index in [-0.39, 0.29) is 11.9 Å². The lowest BCUT2D eigenvalue weighted by molar-refractivity contribution is 0.0679. The number of amides is 1. The third kappa shape index (κ3) is 4.31. The fraction of sp³-hybridized carbons (Fsp3) is 0.227. The van der Waals surface area contributed by atoms with E-state index in [1.165, 1.54) is 11.3 Å². The van der Waals surface area contributed by atoms with Crippen LogP contribution in [0, 0.1) is 0 Å². The molecule has 0 spiro atoms. The summed E-state index contributed by atoms with van der Waals surface area (Å²) in [6.45, 7) is 2.56. The first-order chi connectivity index (χ1) is 13.0. The minimum absolute atomic E-state index is 0.0356. The molecule has 0 saturated heterocycles. The van der Waals surface area contributed by atoms with E-state index in [0.29, 0.717) is 12.2 Å². The van der Waals surface area contributed by atoms with Crippen LogP contribution in [0.1, 0.15) is 33.8 Å². The van der Waals surface area contributed by atoms with Crippen LogP contribution >= 0.6 is 11.3 Å². The molecular formula is C22H25N3OS. The molecule has 0 aliphatic rings. The van der Waals surface area contributed by atoms with Gasteiger partial charge >= 0.3 is 0 Å². The monoisotopic (exact) mass is 379 g/mol. The zero-order valence-corrected chi connectivity index (χ0v) is 16.7. The van der Waals surface area contributed by atoms with Crippen molar-refractivity contribution in [2.75, 3.05) is 24.7 Å². The Bertz CT molecular complexity index is 891. The van der Waals surface area contributed by atoms with Crippen LogP contribution in [-0.2, 0) is 6.54 Å².